The van der Waals surface area contributed by atoms with Crippen molar-refractivity contribution in [3.63, 3.8) is 0 Å². The predicted molar refractivity (Wildman–Crippen MR) is 116 cm³/mol. The lowest BCUT2D eigenvalue weighted by Gasteiger charge is -2.43. The van der Waals surface area contributed by atoms with Gasteiger partial charge in [0, 0.05) is 42.2 Å². The number of nitrogens with one attached hydrogen (secondary N) is 2. The van der Waals surface area contributed by atoms with E-state index in [0.29, 0.717) is 30.1 Å². The van der Waals surface area contributed by atoms with Gasteiger partial charge in [0.05, 0.1) is 13.3 Å². The van der Waals surface area contributed by atoms with E-state index in [2.05, 4.69) is 50.9 Å². The van der Waals surface area contributed by atoms with Crippen molar-refractivity contribution in [3.8, 4) is 5.75 Å². The summed E-state index contributed by atoms with van der Waals surface area (Å²) in [5.41, 5.74) is 4.97. The third-order valence-corrected chi connectivity index (χ3v) is 6.09. The normalized spacial score (nSPS) is 15.1. The van der Waals surface area contributed by atoms with E-state index in [-0.39, 0.29) is 0 Å². The molecule has 0 aliphatic carbocycles. The molecule has 2 N–H and O–H groups in total. The van der Waals surface area contributed by atoms with E-state index in [4.69, 9.17) is 16.3 Å². The Hall–Kier alpha value is -2.38. The van der Waals surface area contributed by atoms with Gasteiger partial charge in [-0.05, 0) is 44.4 Å². The maximum absolute atomic E-state index is 6.60. The van der Waals surface area contributed by atoms with Crippen LogP contribution in [0.1, 0.15) is 36.5 Å². The van der Waals surface area contributed by atoms with E-state index >= 15 is 0 Å². The highest BCUT2D eigenvalue weighted by atomic mass is 35.5. The largest absolute Gasteiger partial charge is 0.496 e. The van der Waals surface area contributed by atoms with E-state index in [0.717, 1.165) is 46.9 Å². The van der Waals surface area contributed by atoms with Crippen LogP contribution in [0.3, 0.4) is 0 Å². The predicted octanol–water partition coefficient (Wildman–Crippen LogP) is 3.79. The standard InChI is InChI=1S/C21H27ClN6O/c1-12(2)28-9-15(10-28)18-13(3)16(22)7-14(19(18)29-4)5-6-24-21-26-17-8-23-11-25-20(17)27-21/h7-8,11-12,15H,5-6,9-10H2,1-4H3,(H2,23,24,25,26,27). The van der Waals surface area contributed by atoms with Crippen LogP contribution in [0.15, 0.2) is 18.6 Å². The average Bonchev–Trinajstić information content (AvgIpc) is 3.06. The van der Waals surface area contributed by atoms with E-state index in [1.165, 1.54) is 11.9 Å². The SMILES string of the molecule is COc1c(CCNc2nc3ncncc3[nH]2)cc(Cl)c(C)c1C1CN(C(C)C)C1. The number of benzene rings is 1. The molecule has 2 aromatic heterocycles. The van der Waals surface area contributed by atoms with Crippen LogP contribution in [0, 0.1) is 6.92 Å². The van der Waals surface area contributed by atoms with Crippen LogP contribution < -0.4 is 10.1 Å². The molecule has 1 saturated heterocycles. The van der Waals surface area contributed by atoms with Crippen molar-refractivity contribution in [1.29, 1.82) is 0 Å². The summed E-state index contributed by atoms with van der Waals surface area (Å²) in [6, 6.07) is 2.60. The van der Waals surface area contributed by atoms with Gasteiger partial charge >= 0.3 is 0 Å². The summed E-state index contributed by atoms with van der Waals surface area (Å²) in [5, 5.41) is 4.13. The molecule has 1 aliphatic heterocycles. The first kappa shape index (κ1) is 19.9. The Morgan fingerprint density at radius 1 is 1.38 bits per heavy atom. The molecule has 0 unspecified atom stereocenters. The molecule has 1 aliphatic rings. The first-order valence-electron chi connectivity index (χ1n) is 9.97. The molecule has 1 aromatic carbocycles. The van der Waals surface area contributed by atoms with Crippen molar-refractivity contribution >= 4 is 28.7 Å². The molecular formula is C21H27ClN6O. The highest BCUT2D eigenvalue weighted by Gasteiger charge is 2.34. The van der Waals surface area contributed by atoms with Crippen molar-refractivity contribution in [1.82, 2.24) is 24.8 Å². The van der Waals surface area contributed by atoms with E-state index in [1.807, 2.05) is 6.07 Å². The third-order valence-electron chi connectivity index (χ3n) is 5.70. The number of aromatic nitrogens is 4. The Morgan fingerprint density at radius 2 is 2.17 bits per heavy atom. The Labute approximate surface area is 175 Å². The molecular weight excluding hydrogens is 388 g/mol. The topological polar surface area (TPSA) is 79.0 Å². The molecule has 29 heavy (non-hydrogen) atoms. The molecule has 3 heterocycles. The summed E-state index contributed by atoms with van der Waals surface area (Å²) < 4.78 is 5.87. The second-order valence-electron chi connectivity index (χ2n) is 7.86. The summed E-state index contributed by atoms with van der Waals surface area (Å²) >= 11 is 6.60. The number of anilines is 1. The molecule has 8 heteroatoms. The van der Waals surface area contributed by atoms with Crippen LogP contribution >= 0.6 is 11.6 Å². The number of methoxy groups -OCH3 is 1. The third kappa shape index (κ3) is 3.89. The molecule has 7 nitrogen and oxygen atoms in total. The van der Waals surface area contributed by atoms with Crippen LogP contribution in [0.2, 0.25) is 5.02 Å². The number of likely N-dealkylation sites (tertiary alicyclic amines) is 1. The van der Waals surface area contributed by atoms with Crippen molar-refractivity contribution in [2.75, 3.05) is 32.1 Å². The van der Waals surface area contributed by atoms with Gasteiger partial charge < -0.3 is 15.0 Å². The smallest absolute Gasteiger partial charge is 0.202 e. The number of halogens is 1. The molecule has 4 rings (SSSR count). The maximum atomic E-state index is 6.60. The number of nitrogens with zero attached hydrogens (tertiary/aromatic N) is 4. The monoisotopic (exact) mass is 414 g/mol. The number of hydrogen-bond donors (Lipinski definition) is 2. The van der Waals surface area contributed by atoms with E-state index < -0.39 is 0 Å². The fourth-order valence-electron chi connectivity index (χ4n) is 4.00. The summed E-state index contributed by atoms with van der Waals surface area (Å²) in [7, 11) is 1.75. The summed E-state index contributed by atoms with van der Waals surface area (Å²) in [6.07, 6.45) is 3.99. The Kier molecular flexibility index (Phi) is 5.61. The first-order chi connectivity index (χ1) is 14.0. The summed E-state index contributed by atoms with van der Waals surface area (Å²) in [4.78, 5) is 18.2. The van der Waals surface area contributed by atoms with Crippen LogP contribution in [-0.2, 0) is 6.42 Å². The Bertz CT molecular complexity index is 979. The quantitative estimate of drug-likeness (QED) is 0.612. The van der Waals surface area contributed by atoms with E-state index in [1.54, 1.807) is 13.3 Å². The van der Waals surface area contributed by atoms with Gasteiger partial charge in [-0.15, -0.1) is 0 Å². The maximum Gasteiger partial charge on any atom is 0.202 e. The van der Waals surface area contributed by atoms with E-state index in [9.17, 15) is 0 Å². The highest BCUT2D eigenvalue weighted by Crippen LogP contribution is 2.41. The van der Waals surface area contributed by atoms with Crippen molar-refractivity contribution in [2.24, 2.45) is 0 Å². The number of fused-ring (bicyclic) bond motifs is 1. The van der Waals surface area contributed by atoms with Gasteiger partial charge in [-0.2, -0.15) is 4.98 Å². The molecule has 3 aromatic rings. The molecule has 0 amide bonds. The van der Waals surface area contributed by atoms with Crippen LogP contribution in [0.25, 0.3) is 11.2 Å². The minimum Gasteiger partial charge on any atom is -0.496 e. The molecule has 0 bridgehead atoms. The second-order valence-corrected chi connectivity index (χ2v) is 8.26. The number of rotatable bonds is 7. The van der Waals surface area contributed by atoms with Gasteiger partial charge in [-0.25, -0.2) is 9.97 Å². The fourth-order valence-corrected chi connectivity index (χ4v) is 4.23. The molecule has 0 radical (unpaired) electrons. The van der Waals surface area contributed by atoms with Crippen molar-refractivity contribution in [2.45, 2.75) is 39.2 Å². The van der Waals surface area contributed by atoms with Crippen LogP contribution in [0.5, 0.6) is 5.75 Å². The zero-order chi connectivity index (χ0) is 20.5. The molecule has 0 saturated carbocycles. The molecule has 154 valence electrons. The summed E-state index contributed by atoms with van der Waals surface area (Å²) in [5.74, 6) is 2.12. The zero-order valence-corrected chi connectivity index (χ0v) is 18.0. The summed E-state index contributed by atoms with van der Waals surface area (Å²) in [6.45, 7) is 9.36. The number of aromatic amines is 1. The van der Waals surface area contributed by atoms with Gasteiger partial charge in [-0.3, -0.25) is 4.90 Å². The Balaban J connectivity index is 1.51. The fraction of sp³-hybridized carbons (Fsp3) is 0.476. The number of imidazole rings is 1. The number of hydrogen-bond acceptors (Lipinski definition) is 6. The van der Waals surface area contributed by atoms with Gasteiger partial charge in [-0.1, -0.05) is 11.6 Å². The second kappa shape index (κ2) is 8.16. The van der Waals surface area contributed by atoms with Gasteiger partial charge in [0.1, 0.15) is 17.6 Å². The lowest BCUT2D eigenvalue weighted by Crippen LogP contribution is -2.48. The Morgan fingerprint density at radius 3 is 2.86 bits per heavy atom. The van der Waals surface area contributed by atoms with Gasteiger partial charge in [0.25, 0.3) is 0 Å². The molecule has 0 atom stereocenters. The molecule has 0 spiro atoms. The highest BCUT2D eigenvalue weighted by molar-refractivity contribution is 6.31. The lowest BCUT2D eigenvalue weighted by atomic mass is 9.85. The zero-order valence-electron chi connectivity index (χ0n) is 17.3. The minimum atomic E-state index is 0.465. The van der Waals surface area contributed by atoms with Crippen molar-refractivity contribution in [3.05, 3.63) is 40.3 Å². The lowest BCUT2D eigenvalue weighted by molar-refractivity contribution is 0.108. The van der Waals surface area contributed by atoms with Gasteiger partial charge in [0.15, 0.2) is 5.65 Å². The van der Waals surface area contributed by atoms with Crippen LogP contribution in [-0.4, -0.2) is 57.6 Å². The van der Waals surface area contributed by atoms with Gasteiger partial charge in [0.2, 0.25) is 5.95 Å². The first-order valence-corrected chi connectivity index (χ1v) is 10.3. The van der Waals surface area contributed by atoms with Crippen molar-refractivity contribution < 1.29 is 4.74 Å². The van der Waals surface area contributed by atoms with Crippen LogP contribution in [0.4, 0.5) is 5.95 Å². The average molecular weight is 415 g/mol. The molecule has 1 fully saturated rings. The number of H-pyrrole nitrogens is 1. The minimum absolute atomic E-state index is 0.465. The number of ether oxygens (including phenoxy) is 1.